The number of likely N-dealkylation sites (tertiary alicyclic amines) is 2. The van der Waals surface area contributed by atoms with Crippen LogP contribution in [0.15, 0.2) is 67.0 Å². The van der Waals surface area contributed by atoms with Crippen molar-refractivity contribution in [2.24, 2.45) is 17.8 Å². The van der Waals surface area contributed by atoms with Crippen molar-refractivity contribution >= 4 is 34.9 Å². The number of carbonyl (C=O) groups excluding carboxylic acids is 4. The van der Waals surface area contributed by atoms with Crippen LogP contribution in [0.2, 0.25) is 0 Å². The number of nitrogens with one attached hydrogen (secondary N) is 4. The Kier molecular flexibility index (Phi) is 11.7. The number of ether oxygens (including phenoxy) is 4. The number of rotatable bonds is 11. The summed E-state index contributed by atoms with van der Waals surface area (Å²) in [6.45, 7) is 8.67. The molecule has 4 amide bonds. The summed E-state index contributed by atoms with van der Waals surface area (Å²) in [7, 11) is 2.56. The Morgan fingerprint density at radius 2 is 1.49 bits per heavy atom. The summed E-state index contributed by atoms with van der Waals surface area (Å²) in [6, 6.07) is 15.5. The molecule has 4 aliphatic heterocycles. The Labute approximate surface area is 409 Å². The molecule has 3 aromatic carbocycles. The molecule has 71 heavy (non-hydrogen) atoms. The molecule has 2 saturated heterocycles. The molecule has 5 aliphatic rings. The predicted molar refractivity (Wildman–Crippen MR) is 260 cm³/mol. The fraction of sp³-hybridized carbons (Fsp3) is 0.434. The molecule has 0 radical (unpaired) electrons. The number of hydrogen-bond acceptors (Lipinski definition) is 10. The first-order valence-electron chi connectivity index (χ1n) is 24.6. The lowest BCUT2D eigenvalue weighted by molar-refractivity contribution is -0.137. The van der Waals surface area contributed by atoms with Crippen molar-refractivity contribution in [2.75, 3.05) is 27.4 Å². The van der Waals surface area contributed by atoms with Gasteiger partial charge in [-0.1, -0.05) is 45.9 Å². The summed E-state index contributed by atoms with van der Waals surface area (Å²) >= 11 is 0. The molecule has 7 heterocycles. The van der Waals surface area contributed by atoms with E-state index >= 15 is 4.39 Å². The van der Waals surface area contributed by atoms with Crippen LogP contribution in [0.1, 0.15) is 101 Å². The maximum atomic E-state index is 17.0. The van der Waals surface area contributed by atoms with Gasteiger partial charge in [0.05, 0.1) is 73.5 Å². The highest BCUT2D eigenvalue weighted by Gasteiger charge is 2.56. The number of piperidine rings is 1. The topological polar surface area (TPSA) is 198 Å². The zero-order chi connectivity index (χ0) is 49.4. The Balaban J connectivity index is 0.924. The number of benzene rings is 3. The molecule has 7 atom stereocenters. The molecule has 370 valence electrons. The second kappa shape index (κ2) is 18.1. The molecule has 3 aromatic heterocycles. The number of fused-ring (bicyclic) bond motifs is 7. The number of nitrogens with zero attached hydrogens (tertiary/aromatic N) is 5. The molecule has 17 nitrogen and oxygen atoms in total. The lowest BCUT2D eigenvalue weighted by Gasteiger charge is -2.32. The third-order valence-corrected chi connectivity index (χ3v) is 15.0. The summed E-state index contributed by atoms with van der Waals surface area (Å²) in [4.78, 5) is 72.4. The van der Waals surface area contributed by atoms with Gasteiger partial charge >= 0.3 is 12.2 Å². The highest BCUT2D eigenvalue weighted by atomic mass is 19.1. The lowest BCUT2D eigenvalue weighted by atomic mass is 10.0. The molecule has 0 bridgehead atoms. The molecule has 6 aromatic rings. The number of alkyl carbamates (subject to hydrolysis) is 2. The SMILES string of the molecule is COC(=O)N[C@H](C(=O)N1CCC[C@H]1c1ncc(-c2cc(F)c3c(c2)OC(c2ccc4c(c2)OCCC4)n2c-3cc3cc(-c4cnc([C@@H]5C[C@H]6C[C@H]6N5C(=O)[C@@H](NC(=O)OC)C(C)C)[nH]4)ccc32)[nH]1)C(C)C. The first-order chi connectivity index (χ1) is 34.3. The Morgan fingerprint density at radius 1 is 0.789 bits per heavy atom. The molecule has 11 rings (SSSR count). The van der Waals surface area contributed by atoms with Gasteiger partial charge < -0.3 is 53.9 Å². The monoisotopic (exact) mass is 967 g/mol. The number of aromatic amines is 2. The smallest absolute Gasteiger partial charge is 0.407 e. The molecule has 3 fully saturated rings. The number of aromatic nitrogens is 5. The first-order valence-corrected chi connectivity index (χ1v) is 24.6. The molecule has 18 heteroatoms. The minimum atomic E-state index is -0.778. The van der Waals surface area contributed by atoms with Gasteiger partial charge in [-0.2, -0.15) is 0 Å². The average molecular weight is 968 g/mol. The van der Waals surface area contributed by atoms with E-state index < -0.39 is 36.3 Å². The number of methoxy groups -OCH3 is 2. The van der Waals surface area contributed by atoms with Crippen LogP contribution in [0.5, 0.6) is 11.5 Å². The largest absolute Gasteiger partial charge is 0.493 e. The van der Waals surface area contributed by atoms with Crippen LogP contribution in [0, 0.1) is 23.6 Å². The maximum absolute atomic E-state index is 17.0. The Bertz CT molecular complexity index is 3090. The Morgan fingerprint density at radius 3 is 2.21 bits per heavy atom. The van der Waals surface area contributed by atoms with E-state index in [1.807, 2.05) is 67.5 Å². The third-order valence-electron chi connectivity index (χ3n) is 15.0. The van der Waals surface area contributed by atoms with E-state index in [1.165, 1.54) is 20.3 Å². The molecule has 1 saturated carbocycles. The van der Waals surface area contributed by atoms with Crippen molar-refractivity contribution in [1.29, 1.82) is 0 Å². The fourth-order valence-corrected chi connectivity index (χ4v) is 11.2. The summed E-state index contributed by atoms with van der Waals surface area (Å²) < 4.78 is 41.8. The summed E-state index contributed by atoms with van der Waals surface area (Å²) in [5, 5.41) is 6.29. The number of hydrogen-bond donors (Lipinski definition) is 4. The summed E-state index contributed by atoms with van der Waals surface area (Å²) in [6.07, 6.45) is 6.41. The Hall–Kier alpha value is -7.37. The van der Waals surface area contributed by atoms with Gasteiger partial charge in [-0.25, -0.2) is 23.9 Å². The number of aryl methyl sites for hydroxylation is 1. The van der Waals surface area contributed by atoms with Gasteiger partial charge in [0, 0.05) is 34.7 Å². The van der Waals surface area contributed by atoms with E-state index in [9.17, 15) is 19.2 Å². The van der Waals surface area contributed by atoms with E-state index in [1.54, 1.807) is 17.3 Å². The van der Waals surface area contributed by atoms with Crippen LogP contribution in [0.3, 0.4) is 0 Å². The second-order valence-electron chi connectivity index (χ2n) is 20.1. The van der Waals surface area contributed by atoms with Gasteiger partial charge in [0.2, 0.25) is 18.0 Å². The van der Waals surface area contributed by atoms with Crippen molar-refractivity contribution in [1.82, 2.24) is 44.9 Å². The zero-order valence-corrected chi connectivity index (χ0v) is 40.6. The molecule has 1 aliphatic carbocycles. The van der Waals surface area contributed by atoms with E-state index in [0.29, 0.717) is 65.4 Å². The average Bonchev–Trinajstić information content (AvgIpc) is 4.03. The number of amides is 4. The normalized spacial score (nSPS) is 21.7. The highest BCUT2D eigenvalue weighted by molar-refractivity contribution is 5.93. The van der Waals surface area contributed by atoms with Crippen molar-refractivity contribution in [2.45, 2.75) is 103 Å². The minimum Gasteiger partial charge on any atom is -0.493 e. The number of carbonyl (C=O) groups is 4. The molecule has 0 spiro atoms. The molecule has 4 N–H and O–H groups in total. The van der Waals surface area contributed by atoms with Crippen LogP contribution in [0.25, 0.3) is 44.7 Å². The van der Waals surface area contributed by atoms with Gasteiger partial charge in [0.15, 0.2) is 0 Å². The van der Waals surface area contributed by atoms with Crippen LogP contribution < -0.4 is 20.1 Å². The van der Waals surface area contributed by atoms with Crippen LogP contribution in [0.4, 0.5) is 14.0 Å². The molecular formula is C53H58FN9O8. The molecular weight excluding hydrogens is 910 g/mol. The van der Waals surface area contributed by atoms with Gasteiger partial charge in [-0.05, 0) is 98.2 Å². The van der Waals surface area contributed by atoms with Crippen molar-refractivity contribution < 1.29 is 42.5 Å². The molecule has 1 unspecified atom stereocenters. The minimum absolute atomic E-state index is 0.0981. The number of H-pyrrole nitrogens is 2. The van der Waals surface area contributed by atoms with E-state index in [-0.39, 0.29) is 41.8 Å². The van der Waals surface area contributed by atoms with E-state index in [4.69, 9.17) is 28.9 Å². The van der Waals surface area contributed by atoms with Gasteiger partial charge in [0.25, 0.3) is 0 Å². The van der Waals surface area contributed by atoms with Crippen LogP contribution in [-0.4, -0.2) is 104 Å². The summed E-state index contributed by atoms with van der Waals surface area (Å²) in [5.41, 5.74) is 6.48. The van der Waals surface area contributed by atoms with Gasteiger partial charge in [-0.15, -0.1) is 0 Å². The van der Waals surface area contributed by atoms with Crippen molar-refractivity contribution in [3.05, 3.63) is 95.6 Å². The van der Waals surface area contributed by atoms with Gasteiger partial charge in [-0.3, -0.25) is 9.59 Å². The van der Waals surface area contributed by atoms with Crippen molar-refractivity contribution in [3.63, 3.8) is 0 Å². The fourth-order valence-electron chi connectivity index (χ4n) is 11.2. The van der Waals surface area contributed by atoms with Gasteiger partial charge in [0.1, 0.15) is 41.0 Å². The standard InChI is InChI=1S/C53H58FN9O8/c1-26(2)45(59-52(66)68-5)49(64)61-15-7-10-38(61)47-55-25-36(58-47)31-18-34(54)44-40-20-32-17-29(13-14-37(32)63(40)51(71-43(44)23-31)30-12-11-28-9-8-16-70-42(28)22-30)35-24-56-48(57-35)41-21-33-19-39(33)62(41)50(65)46(27(3)4)60-53(67)69-6/h11-14,17-18,20,22-27,33,38-39,41,45-46,51H,7-10,15-16,19,21H2,1-6H3,(H,55,58)(H,56,57)(H,59,66)(H,60,67)/t33-,38+,39-,41+,45+,46+,51?/m1/s1. The first kappa shape index (κ1) is 46.0. The second-order valence-corrected chi connectivity index (χ2v) is 20.1. The van der Waals surface area contributed by atoms with E-state index in [2.05, 4.69) is 38.8 Å². The third kappa shape index (κ3) is 8.19. The van der Waals surface area contributed by atoms with Crippen LogP contribution >= 0.6 is 0 Å². The highest BCUT2D eigenvalue weighted by Crippen LogP contribution is 2.54. The summed E-state index contributed by atoms with van der Waals surface area (Å²) in [5.74, 6) is 1.61. The van der Waals surface area contributed by atoms with Crippen molar-refractivity contribution in [3.8, 4) is 45.3 Å². The maximum Gasteiger partial charge on any atom is 0.407 e. The lowest BCUT2D eigenvalue weighted by Crippen LogP contribution is -2.52. The number of halogens is 1. The van der Waals surface area contributed by atoms with Crippen LogP contribution in [-0.2, 0) is 25.5 Å². The predicted octanol–water partition coefficient (Wildman–Crippen LogP) is 8.58. The zero-order valence-electron chi connectivity index (χ0n) is 40.6. The number of imidazole rings is 2. The van der Waals surface area contributed by atoms with E-state index in [0.717, 1.165) is 71.1 Å². The quantitative estimate of drug-likeness (QED) is 0.0976.